The molecule has 1 heterocycles. The molecule has 0 aliphatic rings. The van der Waals surface area contributed by atoms with Crippen LogP contribution in [0.1, 0.15) is 12.0 Å². The summed E-state index contributed by atoms with van der Waals surface area (Å²) in [4.78, 5) is 16.4. The van der Waals surface area contributed by atoms with Crippen molar-refractivity contribution in [2.24, 2.45) is 0 Å². The molecule has 1 aromatic heterocycles. The maximum atomic E-state index is 12.2. The van der Waals surface area contributed by atoms with Crippen LogP contribution >= 0.6 is 0 Å². The number of pyridine rings is 1. The van der Waals surface area contributed by atoms with Crippen LogP contribution in [0.4, 0.5) is 5.69 Å². The highest BCUT2D eigenvalue weighted by Crippen LogP contribution is 2.21. The van der Waals surface area contributed by atoms with Crippen LogP contribution in [-0.2, 0) is 21.1 Å². The fourth-order valence-corrected chi connectivity index (χ4v) is 4.01. The lowest BCUT2D eigenvalue weighted by molar-refractivity contribution is -0.113. The standard InChI is InChI=1S/C20H20N2O3S/c23-20(22-19-12-4-11-18-17(19)10-5-13-21-18)15-26(24,25)14-6-9-16-7-2-1-3-8-16/h1-5,7-8,10-13H,6,9,14-15H2,(H,22,23). The molecule has 0 saturated heterocycles. The summed E-state index contributed by atoms with van der Waals surface area (Å²) in [6.07, 6.45) is 2.85. The molecule has 0 unspecified atom stereocenters. The lowest BCUT2D eigenvalue weighted by Gasteiger charge is -2.09. The Bertz CT molecular complexity index is 997. The number of hydrogen-bond donors (Lipinski definition) is 1. The van der Waals surface area contributed by atoms with Crippen molar-refractivity contribution in [2.45, 2.75) is 12.8 Å². The van der Waals surface area contributed by atoms with Gasteiger partial charge >= 0.3 is 0 Å². The Morgan fingerprint density at radius 1 is 0.962 bits per heavy atom. The summed E-state index contributed by atoms with van der Waals surface area (Å²) in [5.74, 6) is -1.05. The van der Waals surface area contributed by atoms with Crippen molar-refractivity contribution in [2.75, 3.05) is 16.8 Å². The number of carbonyl (C=O) groups is 1. The molecule has 2 aromatic carbocycles. The summed E-state index contributed by atoms with van der Waals surface area (Å²) in [5.41, 5.74) is 2.41. The van der Waals surface area contributed by atoms with E-state index < -0.39 is 21.5 Å². The van der Waals surface area contributed by atoms with E-state index >= 15 is 0 Å². The minimum atomic E-state index is -3.45. The number of rotatable bonds is 7. The van der Waals surface area contributed by atoms with E-state index in [1.807, 2.05) is 42.5 Å². The van der Waals surface area contributed by atoms with Gasteiger partial charge in [-0.1, -0.05) is 36.4 Å². The van der Waals surface area contributed by atoms with E-state index in [4.69, 9.17) is 0 Å². The van der Waals surface area contributed by atoms with Crippen molar-refractivity contribution >= 4 is 32.3 Å². The van der Waals surface area contributed by atoms with Crippen LogP contribution in [0.15, 0.2) is 66.9 Å². The predicted molar refractivity (Wildman–Crippen MR) is 104 cm³/mol. The number of aryl methyl sites for hydroxylation is 1. The zero-order chi connectivity index (χ0) is 18.4. The molecule has 0 spiro atoms. The van der Waals surface area contributed by atoms with E-state index in [2.05, 4.69) is 10.3 Å². The predicted octanol–water partition coefficient (Wildman–Crippen LogP) is 3.22. The molecule has 26 heavy (non-hydrogen) atoms. The van der Waals surface area contributed by atoms with Gasteiger partial charge in [-0.05, 0) is 42.7 Å². The van der Waals surface area contributed by atoms with Crippen LogP contribution in [0.5, 0.6) is 0 Å². The number of benzene rings is 2. The van der Waals surface area contributed by atoms with Gasteiger partial charge in [0, 0.05) is 11.6 Å². The molecule has 0 atom stereocenters. The second kappa shape index (κ2) is 8.10. The lowest BCUT2D eigenvalue weighted by Crippen LogP contribution is -2.25. The SMILES string of the molecule is O=C(CS(=O)(=O)CCCc1ccccc1)Nc1cccc2ncccc12. The number of nitrogens with zero attached hydrogens (tertiary/aromatic N) is 1. The quantitative estimate of drug-likeness (QED) is 0.695. The van der Waals surface area contributed by atoms with E-state index in [9.17, 15) is 13.2 Å². The molecule has 0 saturated carbocycles. The first-order chi connectivity index (χ1) is 12.5. The summed E-state index contributed by atoms with van der Waals surface area (Å²) < 4.78 is 24.4. The maximum Gasteiger partial charge on any atom is 0.239 e. The first-order valence-electron chi connectivity index (χ1n) is 8.41. The zero-order valence-electron chi connectivity index (χ0n) is 14.3. The lowest BCUT2D eigenvalue weighted by atomic mass is 10.1. The fraction of sp³-hybridized carbons (Fsp3) is 0.200. The van der Waals surface area contributed by atoms with Crippen molar-refractivity contribution in [3.63, 3.8) is 0 Å². The highest BCUT2D eigenvalue weighted by Gasteiger charge is 2.17. The summed E-state index contributed by atoms with van der Waals surface area (Å²) in [5, 5.41) is 3.47. The highest BCUT2D eigenvalue weighted by molar-refractivity contribution is 7.92. The molecule has 1 N–H and O–H groups in total. The number of amides is 1. The monoisotopic (exact) mass is 368 g/mol. The number of anilines is 1. The fourth-order valence-electron chi connectivity index (χ4n) is 2.81. The van der Waals surface area contributed by atoms with Crippen LogP contribution in [0.3, 0.4) is 0 Å². The molecule has 0 aliphatic carbocycles. The largest absolute Gasteiger partial charge is 0.325 e. The first-order valence-corrected chi connectivity index (χ1v) is 10.2. The molecular formula is C20H20N2O3S. The first kappa shape index (κ1) is 18.1. The molecular weight excluding hydrogens is 348 g/mol. The van der Waals surface area contributed by atoms with Gasteiger partial charge in [0.25, 0.3) is 0 Å². The van der Waals surface area contributed by atoms with Crippen molar-refractivity contribution in [1.82, 2.24) is 4.98 Å². The summed E-state index contributed by atoms with van der Waals surface area (Å²) >= 11 is 0. The van der Waals surface area contributed by atoms with Gasteiger partial charge in [-0.25, -0.2) is 8.42 Å². The van der Waals surface area contributed by atoms with Crippen LogP contribution in [0.25, 0.3) is 10.9 Å². The maximum absolute atomic E-state index is 12.2. The summed E-state index contributed by atoms with van der Waals surface area (Å²) in [6.45, 7) is 0. The topological polar surface area (TPSA) is 76.1 Å². The Labute approximate surface area is 153 Å². The third kappa shape index (κ3) is 4.89. The van der Waals surface area contributed by atoms with Crippen molar-refractivity contribution in [3.05, 3.63) is 72.4 Å². The molecule has 0 fully saturated rings. The van der Waals surface area contributed by atoms with Gasteiger partial charge in [0.05, 0.1) is 17.0 Å². The molecule has 1 amide bonds. The Hall–Kier alpha value is -2.73. The van der Waals surface area contributed by atoms with Gasteiger partial charge in [-0.15, -0.1) is 0 Å². The molecule has 0 radical (unpaired) electrons. The van der Waals surface area contributed by atoms with Crippen LogP contribution < -0.4 is 5.32 Å². The van der Waals surface area contributed by atoms with Gasteiger partial charge in [0.1, 0.15) is 5.75 Å². The highest BCUT2D eigenvalue weighted by atomic mass is 32.2. The van der Waals surface area contributed by atoms with Gasteiger partial charge in [-0.3, -0.25) is 9.78 Å². The number of aromatic nitrogens is 1. The van der Waals surface area contributed by atoms with Crippen molar-refractivity contribution in [3.8, 4) is 0 Å². The van der Waals surface area contributed by atoms with Crippen molar-refractivity contribution < 1.29 is 13.2 Å². The third-order valence-electron chi connectivity index (χ3n) is 4.03. The molecule has 6 heteroatoms. The number of carbonyl (C=O) groups excluding carboxylic acids is 1. The summed E-state index contributed by atoms with van der Waals surface area (Å²) in [7, 11) is -3.45. The van der Waals surface area contributed by atoms with Crippen LogP contribution in [-0.4, -0.2) is 30.8 Å². The minimum absolute atomic E-state index is 0.00753. The van der Waals surface area contributed by atoms with E-state index in [-0.39, 0.29) is 5.75 Å². The molecule has 5 nitrogen and oxygen atoms in total. The Balaban J connectivity index is 1.58. The average Bonchev–Trinajstić information content (AvgIpc) is 2.62. The molecule has 134 valence electrons. The minimum Gasteiger partial charge on any atom is -0.325 e. The second-order valence-electron chi connectivity index (χ2n) is 6.11. The van der Waals surface area contributed by atoms with Gasteiger partial charge in [0.15, 0.2) is 9.84 Å². The van der Waals surface area contributed by atoms with E-state index in [1.54, 1.807) is 24.4 Å². The number of hydrogen-bond acceptors (Lipinski definition) is 4. The number of nitrogens with one attached hydrogen (secondary N) is 1. The van der Waals surface area contributed by atoms with Crippen LogP contribution in [0.2, 0.25) is 0 Å². The zero-order valence-corrected chi connectivity index (χ0v) is 15.1. The van der Waals surface area contributed by atoms with Crippen LogP contribution in [0, 0.1) is 0 Å². The molecule has 3 aromatic rings. The third-order valence-corrected chi connectivity index (χ3v) is 5.65. The second-order valence-corrected chi connectivity index (χ2v) is 8.29. The molecule has 3 rings (SSSR count). The smallest absolute Gasteiger partial charge is 0.239 e. The van der Waals surface area contributed by atoms with E-state index in [0.29, 0.717) is 18.5 Å². The van der Waals surface area contributed by atoms with E-state index in [1.165, 1.54) is 0 Å². The summed E-state index contributed by atoms with van der Waals surface area (Å²) in [6, 6.07) is 18.7. The van der Waals surface area contributed by atoms with Gasteiger partial charge < -0.3 is 5.32 Å². The number of sulfone groups is 1. The van der Waals surface area contributed by atoms with Gasteiger partial charge in [-0.2, -0.15) is 0 Å². The Morgan fingerprint density at radius 2 is 1.77 bits per heavy atom. The molecule has 0 aliphatic heterocycles. The molecule has 0 bridgehead atoms. The Kier molecular flexibility index (Phi) is 5.63. The normalized spacial score (nSPS) is 11.4. The van der Waals surface area contributed by atoms with Gasteiger partial charge in [0.2, 0.25) is 5.91 Å². The number of fused-ring (bicyclic) bond motifs is 1. The average molecular weight is 368 g/mol. The van der Waals surface area contributed by atoms with E-state index in [0.717, 1.165) is 16.5 Å². The van der Waals surface area contributed by atoms with Crippen molar-refractivity contribution in [1.29, 1.82) is 0 Å². The Morgan fingerprint density at radius 3 is 2.58 bits per heavy atom.